The Labute approximate surface area is 626 Å². The van der Waals surface area contributed by atoms with Crippen molar-refractivity contribution in [2.24, 2.45) is 0 Å². The fourth-order valence-corrected chi connectivity index (χ4v) is 23.5. The maximum atomic E-state index is 10.4. The van der Waals surface area contributed by atoms with Crippen molar-refractivity contribution in [3.8, 4) is 0 Å². The molecule has 8 nitrogen and oxygen atoms in total. The van der Waals surface area contributed by atoms with E-state index in [9.17, 15) is 10.2 Å². The lowest BCUT2D eigenvalue weighted by molar-refractivity contribution is -0.0122. The molecule has 0 fully saturated rings. The van der Waals surface area contributed by atoms with E-state index in [0.717, 1.165) is 97.1 Å². The summed E-state index contributed by atoms with van der Waals surface area (Å²) in [5, 5.41) is 25.7. The second-order valence-electron chi connectivity index (χ2n) is 31.2. The number of allylic oxidation sites excluding steroid dienone is 2. The molecule has 0 heterocycles. The van der Waals surface area contributed by atoms with Gasteiger partial charge >= 0.3 is 0 Å². The zero-order valence-electron chi connectivity index (χ0n) is 66.3. The Hall–Kier alpha value is -3.27. The van der Waals surface area contributed by atoms with Gasteiger partial charge in [0, 0.05) is 26.4 Å². The van der Waals surface area contributed by atoms with Crippen molar-refractivity contribution in [1.82, 2.24) is 0 Å². The van der Waals surface area contributed by atoms with Crippen LogP contribution in [0, 0.1) is 0 Å². The number of hydrogen-bond donors (Lipinski definition) is 2. The van der Waals surface area contributed by atoms with Crippen LogP contribution in [0.1, 0.15) is 333 Å². The Morgan fingerprint density at radius 3 is 0.733 bits per heavy atom. The van der Waals surface area contributed by atoms with E-state index in [-0.39, 0.29) is 29.7 Å². The Morgan fingerprint density at radius 2 is 0.505 bits per heavy atom. The highest BCUT2D eigenvalue weighted by atomic mass is 28.4. The molecule has 0 saturated carbocycles. The first-order valence-corrected chi connectivity index (χ1v) is 45.4. The van der Waals surface area contributed by atoms with Crippen LogP contribution in [0.15, 0.2) is 133 Å². The van der Waals surface area contributed by atoms with Gasteiger partial charge in [0.05, 0.1) is 50.8 Å². The lowest BCUT2D eigenvalue weighted by Gasteiger charge is -2.45. The summed E-state index contributed by atoms with van der Waals surface area (Å²) in [6.45, 7) is 28.4. The van der Waals surface area contributed by atoms with Crippen LogP contribution in [0.2, 0.25) is 10.1 Å². The molecule has 0 spiro atoms. The summed E-state index contributed by atoms with van der Waals surface area (Å²) >= 11 is 0. The van der Waals surface area contributed by atoms with E-state index in [1.54, 1.807) is 0 Å². The van der Waals surface area contributed by atoms with E-state index in [1.807, 2.05) is 0 Å². The summed E-state index contributed by atoms with van der Waals surface area (Å²) in [6.07, 6.45) is 52.3. The van der Waals surface area contributed by atoms with E-state index >= 15 is 0 Å². The molecule has 10 heteroatoms. The monoisotopic (exact) mass is 1440 g/mol. The molecule has 4 unspecified atom stereocenters. The van der Waals surface area contributed by atoms with Crippen LogP contribution in [0.4, 0.5) is 0 Å². The maximum absolute atomic E-state index is 10.4. The molecule has 101 heavy (non-hydrogen) atoms. The van der Waals surface area contributed by atoms with Gasteiger partial charge in [-0.25, -0.2) is 0 Å². The summed E-state index contributed by atoms with van der Waals surface area (Å²) in [4.78, 5) is 0. The van der Waals surface area contributed by atoms with Crippen LogP contribution >= 0.6 is 0 Å². The minimum atomic E-state index is -2.72. The number of rotatable bonds is 63. The first kappa shape index (κ1) is 93.8. The normalized spacial score (nSPS) is 13.4. The standard InChI is InChI=1S/C45H78O5Si.C45H76O3Si.CH4/c1-6-8-10-12-16-26-34-43(46)44(47)35-27-17-14-15-19-29-37-49-39-40(38-48-36-28-18-13-11-9-7-2)50-51(45(3,4)5,41-30-22-20-23-31-41)42-32-24-21-25-33-42;1-6-8-10-12-14-15-16-17-18-19-20-21-22-23-25-33-39-47-41-42(40-46-38-32-24-13-11-9-7-2)48-49(45(3,4)5,43-34-28-26-29-35-43)44-36-30-27-31-37-44;/h20-25,30-33,40,43-44,46-47H,6-19,26-29,34-39H2,1-5H3;17-18,26-31,34-37,42H,6-16,19-25,32-33,38-41H2,1-5H3;1H4/b;18-17-;. The van der Waals surface area contributed by atoms with Crippen LogP contribution in [0.5, 0.6) is 0 Å². The molecule has 578 valence electrons. The van der Waals surface area contributed by atoms with E-state index in [0.29, 0.717) is 32.8 Å². The lowest BCUT2D eigenvalue weighted by Crippen LogP contribution is -2.68. The molecule has 0 bridgehead atoms. The van der Waals surface area contributed by atoms with Crippen LogP contribution in [-0.2, 0) is 27.8 Å². The molecule has 0 aromatic heterocycles. The van der Waals surface area contributed by atoms with Crippen LogP contribution in [0.25, 0.3) is 0 Å². The fourth-order valence-electron chi connectivity index (χ4n) is 14.2. The average molecular weight is 1440 g/mol. The molecule has 4 atom stereocenters. The molecule has 0 radical (unpaired) electrons. The second kappa shape index (κ2) is 60.8. The van der Waals surface area contributed by atoms with Crippen molar-refractivity contribution in [2.45, 2.75) is 368 Å². The molecule has 2 N–H and O–H groups in total. The Balaban J connectivity index is 0.000000681. The summed E-state index contributed by atoms with van der Waals surface area (Å²) in [6, 6.07) is 43.6. The number of benzene rings is 4. The first-order valence-electron chi connectivity index (χ1n) is 41.6. The van der Waals surface area contributed by atoms with Gasteiger partial charge in [-0.05, 0) is 95.0 Å². The van der Waals surface area contributed by atoms with Crippen LogP contribution in [-0.4, -0.2) is 104 Å². The molecule has 0 aliphatic carbocycles. The third kappa shape index (κ3) is 40.9. The highest BCUT2D eigenvalue weighted by Gasteiger charge is 2.53. The van der Waals surface area contributed by atoms with Crippen LogP contribution in [0.3, 0.4) is 0 Å². The quantitative estimate of drug-likeness (QED) is 0.0256. The van der Waals surface area contributed by atoms with E-state index < -0.39 is 28.8 Å². The van der Waals surface area contributed by atoms with E-state index in [1.165, 1.54) is 201 Å². The molecular weight excluding hydrogens is 1280 g/mol. The SMILES string of the molecule is C.CCCCCCCC/C=C\CCCCCCCCOCC(COCCCCCCCC)O[Si](c1ccccc1)(c1ccccc1)C(C)(C)C.CCCCCCCCOCC(COCCCCCCCCC(O)C(O)CCCCCCCC)O[Si](c1ccccc1)(c1ccccc1)C(C)(C)C. The summed E-state index contributed by atoms with van der Waals surface area (Å²) < 4.78 is 40.3. The van der Waals surface area contributed by atoms with Gasteiger partial charge in [-0.3, -0.25) is 0 Å². The highest BCUT2D eigenvalue weighted by Crippen LogP contribution is 2.39. The second-order valence-corrected chi connectivity index (χ2v) is 39.7. The highest BCUT2D eigenvalue weighted by molar-refractivity contribution is 7.00. The predicted octanol–water partition coefficient (Wildman–Crippen LogP) is 23.5. The Kier molecular flexibility index (Phi) is 56.5. The van der Waals surface area contributed by atoms with Crippen molar-refractivity contribution < 1.29 is 38.0 Å². The number of ether oxygens (including phenoxy) is 4. The summed E-state index contributed by atoms with van der Waals surface area (Å²) in [5.74, 6) is 0. The van der Waals surface area contributed by atoms with Gasteiger partial charge < -0.3 is 38.0 Å². The maximum Gasteiger partial charge on any atom is 0.261 e. The van der Waals surface area contributed by atoms with Gasteiger partial charge in [-0.15, -0.1) is 0 Å². The number of aliphatic hydroxyl groups excluding tert-OH is 2. The minimum Gasteiger partial charge on any atom is -0.400 e. The third-order valence-corrected chi connectivity index (χ3v) is 30.3. The number of aliphatic hydroxyl groups is 2. The fraction of sp³-hybridized carbons (Fsp3) is 0.714. The van der Waals surface area contributed by atoms with Gasteiger partial charge in [0.2, 0.25) is 0 Å². The smallest absolute Gasteiger partial charge is 0.261 e. The van der Waals surface area contributed by atoms with Crippen molar-refractivity contribution in [2.75, 3.05) is 52.9 Å². The zero-order chi connectivity index (χ0) is 72.4. The van der Waals surface area contributed by atoms with Gasteiger partial charge in [-0.2, -0.15) is 0 Å². The predicted molar refractivity (Wildman–Crippen MR) is 444 cm³/mol. The van der Waals surface area contributed by atoms with Gasteiger partial charge in [-0.1, -0.05) is 403 Å². The number of unbranched alkanes of at least 4 members (excludes halogenated alkanes) is 32. The molecule has 4 rings (SSSR count). The average Bonchev–Trinajstić information content (AvgIpc) is 0.754. The Bertz CT molecular complexity index is 2350. The first-order chi connectivity index (χ1) is 48.7. The molecule has 4 aromatic carbocycles. The topological polar surface area (TPSA) is 95.8 Å². The summed E-state index contributed by atoms with van der Waals surface area (Å²) in [5.41, 5.74) is 0. The van der Waals surface area contributed by atoms with E-state index in [2.05, 4.69) is 203 Å². The van der Waals surface area contributed by atoms with Crippen LogP contribution < -0.4 is 20.7 Å². The molecular formula is C91H158O8Si2. The minimum absolute atomic E-state index is 0. The summed E-state index contributed by atoms with van der Waals surface area (Å²) in [7, 11) is -5.40. The van der Waals surface area contributed by atoms with Crippen molar-refractivity contribution in [1.29, 1.82) is 0 Å². The molecule has 4 aromatic rings. The molecule has 0 aliphatic heterocycles. The van der Waals surface area contributed by atoms with Crippen molar-refractivity contribution in [3.63, 3.8) is 0 Å². The van der Waals surface area contributed by atoms with Gasteiger partial charge in [0.25, 0.3) is 16.6 Å². The van der Waals surface area contributed by atoms with E-state index in [4.69, 9.17) is 27.8 Å². The van der Waals surface area contributed by atoms with Gasteiger partial charge in [0.15, 0.2) is 0 Å². The molecule has 0 aliphatic rings. The zero-order valence-corrected chi connectivity index (χ0v) is 68.3. The third-order valence-electron chi connectivity index (χ3n) is 20.2. The number of hydrogen-bond acceptors (Lipinski definition) is 8. The molecule has 0 amide bonds. The van der Waals surface area contributed by atoms with Crippen molar-refractivity contribution >= 4 is 37.4 Å². The largest absolute Gasteiger partial charge is 0.400 e. The Morgan fingerprint density at radius 1 is 0.297 bits per heavy atom. The van der Waals surface area contributed by atoms with Gasteiger partial charge in [0.1, 0.15) is 0 Å². The van der Waals surface area contributed by atoms with Crippen molar-refractivity contribution in [3.05, 3.63) is 133 Å². The molecule has 0 saturated heterocycles. The lowest BCUT2D eigenvalue weighted by atomic mass is 9.99.